The molecule has 23 heavy (non-hydrogen) atoms. The summed E-state index contributed by atoms with van der Waals surface area (Å²) >= 11 is 3.27. The summed E-state index contributed by atoms with van der Waals surface area (Å²) in [5, 5.41) is 0. The van der Waals surface area contributed by atoms with E-state index in [1.807, 2.05) is 4.90 Å². The van der Waals surface area contributed by atoms with Crippen molar-refractivity contribution in [1.82, 2.24) is 9.62 Å². The van der Waals surface area contributed by atoms with Crippen LogP contribution in [0.1, 0.15) is 32.6 Å². The Bertz CT molecular complexity index is 631. The molecule has 2 rings (SSSR count). The number of benzene rings is 1. The molecule has 128 valence electrons. The van der Waals surface area contributed by atoms with Crippen molar-refractivity contribution in [2.45, 2.75) is 37.5 Å². The molecule has 0 radical (unpaired) electrons. The van der Waals surface area contributed by atoms with Gasteiger partial charge in [0.05, 0.1) is 4.90 Å². The molecular weight excluding hydrogens is 380 g/mol. The van der Waals surface area contributed by atoms with Crippen LogP contribution in [-0.4, -0.2) is 38.9 Å². The molecule has 1 fully saturated rings. The maximum atomic E-state index is 12.2. The highest BCUT2D eigenvalue weighted by atomic mass is 79.9. The zero-order valence-electron chi connectivity index (χ0n) is 13.3. The molecule has 1 aromatic rings. The van der Waals surface area contributed by atoms with Crippen LogP contribution in [0.5, 0.6) is 0 Å². The van der Waals surface area contributed by atoms with Crippen LogP contribution in [-0.2, 0) is 14.8 Å². The standard InChI is InChI=1S/C16H23BrN2O3S/c1-2-13-4-3-11-19(12-13)16(20)9-10-18-23(21,22)15-7-5-14(17)6-8-15/h5-8,13,18H,2-4,9-12H2,1H3. The van der Waals surface area contributed by atoms with E-state index >= 15 is 0 Å². The Labute approximate surface area is 146 Å². The van der Waals surface area contributed by atoms with Crippen molar-refractivity contribution >= 4 is 31.9 Å². The number of sulfonamides is 1. The Hall–Kier alpha value is -0.920. The van der Waals surface area contributed by atoms with Crippen molar-refractivity contribution < 1.29 is 13.2 Å². The van der Waals surface area contributed by atoms with Gasteiger partial charge in [-0.15, -0.1) is 0 Å². The highest BCUT2D eigenvalue weighted by molar-refractivity contribution is 9.10. The van der Waals surface area contributed by atoms with Crippen molar-refractivity contribution in [2.24, 2.45) is 5.92 Å². The Morgan fingerprint density at radius 3 is 2.70 bits per heavy atom. The zero-order valence-corrected chi connectivity index (χ0v) is 15.7. The number of nitrogens with zero attached hydrogens (tertiary/aromatic N) is 1. The fourth-order valence-corrected chi connectivity index (χ4v) is 4.07. The van der Waals surface area contributed by atoms with Crippen molar-refractivity contribution in [3.63, 3.8) is 0 Å². The molecule has 1 aliphatic rings. The van der Waals surface area contributed by atoms with Crippen molar-refractivity contribution in [3.8, 4) is 0 Å². The van der Waals surface area contributed by atoms with E-state index in [1.54, 1.807) is 12.1 Å². The molecule has 0 aliphatic carbocycles. The predicted octanol–water partition coefficient (Wildman–Crippen LogP) is 2.77. The van der Waals surface area contributed by atoms with Crippen LogP contribution >= 0.6 is 15.9 Å². The van der Waals surface area contributed by atoms with Crippen LogP contribution in [0, 0.1) is 5.92 Å². The topological polar surface area (TPSA) is 66.5 Å². The lowest BCUT2D eigenvalue weighted by molar-refractivity contribution is -0.132. The first kappa shape index (κ1) is 18.4. The van der Waals surface area contributed by atoms with E-state index in [-0.39, 0.29) is 23.8 Å². The minimum absolute atomic E-state index is 0.0293. The number of piperidine rings is 1. The lowest BCUT2D eigenvalue weighted by Gasteiger charge is -2.32. The van der Waals surface area contributed by atoms with E-state index in [2.05, 4.69) is 27.6 Å². The number of halogens is 1. The summed E-state index contributed by atoms with van der Waals surface area (Å²) in [5.74, 6) is 0.605. The molecule has 1 heterocycles. The highest BCUT2D eigenvalue weighted by Crippen LogP contribution is 2.19. The number of nitrogens with one attached hydrogen (secondary N) is 1. The number of carbonyl (C=O) groups is 1. The molecule has 0 saturated carbocycles. The third kappa shape index (κ3) is 5.29. The van der Waals surface area contributed by atoms with Crippen LogP contribution in [0.25, 0.3) is 0 Å². The Kier molecular flexibility index (Phi) is 6.61. The van der Waals surface area contributed by atoms with Gasteiger partial charge in [-0.1, -0.05) is 29.3 Å². The van der Waals surface area contributed by atoms with Gasteiger partial charge in [0.15, 0.2) is 0 Å². The molecule has 7 heteroatoms. The minimum Gasteiger partial charge on any atom is -0.342 e. The molecule has 0 spiro atoms. The highest BCUT2D eigenvalue weighted by Gasteiger charge is 2.22. The summed E-state index contributed by atoms with van der Waals surface area (Å²) in [6.07, 6.45) is 3.50. The van der Waals surface area contributed by atoms with E-state index in [0.717, 1.165) is 30.4 Å². The Morgan fingerprint density at radius 1 is 1.35 bits per heavy atom. The van der Waals surface area contributed by atoms with Crippen LogP contribution in [0.15, 0.2) is 33.6 Å². The van der Waals surface area contributed by atoms with Gasteiger partial charge in [0.2, 0.25) is 15.9 Å². The smallest absolute Gasteiger partial charge is 0.240 e. The van der Waals surface area contributed by atoms with Gasteiger partial charge < -0.3 is 4.90 Å². The Balaban J connectivity index is 1.84. The normalized spacial score (nSPS) is 18.9. The van der Waals surface area contributed by atoms with Crippen LogP contribution in [0.3, 0.4) is 0 Å². The molecule has 0 bridgehead atoms. The van der Waals surface area contributed by atoms with Gasteiger partial charge in [0.1, 0.15) is 0 Å². The van der Waals surface area contributed by atoms with Gasteiger partial charge in [-0.25, -0.2) is 13.1 Å². The second-order valence-electron chi connectivity index (χ2n) is 5.86. The monoisotopic (exact) mass is 402 g/mol. The molecule has 1 amide bonds. The largest absolute Gasteiger partial charge is 0.342 e. The van der Waals surface area contributed by atoms with Gasteiger partial charge >= 0.3 is 0 Å². The van der Waals surface area contributed by atoms with E-state index in [9.17, 15) is 13.2 Å². The van der Waals surface area contributed by atoms with Crippen LogP contribution in [0.2, 0.25) is 0 Å². The Morgan fingerprint density at radius 2 is 2.04 bits per heavy atom. The zero-order chi connectivity index (χ0) is 16.9. The molecule has 1 aromatic carbocycles. The number of amides is 1. The average molecular weight is 403 g/mol. The van der Waals surface area contributed by atoms with Gasteiger partial charge in [0.25, 0.3) is 0 Å². The number of hydrogen-bond donors (Lipinski definition) is 1. The molecular formula is C16H23BrN2O3S. The van der Waals surface area contributed by atoms with E-state index in [0.29, 0.717) is 5.92 Å². The molecule has 5 nitrogen and oxygen atoms in total. The van der Waals surface area contributed by atoms with E-state index in [4.69, 9.17) is 0 Å². The van der Waals surface area contributed by atoms with Crippen LogP contribution < -0.4 is 4.72 Å². The first-order chi connectivity index (χ1) is 10.9. The second kappa shape index (κ2) is 8.26. The molecule has 1 atom stereocenters. The van der Waals surface area contributed by atoms with Gasteiger partial charge in [-0.3, -0.25) is 4.79 Å². The van der Waals surface area contributed by atoms with Crippen LogP contribution in [0.4, 0.5) is 0 Å². The third-order valence-electron chi connectivity index (χ3n) is 4.20. The first-order valence-electron chi connectivity index (χ1n) is 7.95. The average Bonchev–Trinajstić information content (AvgIpc) is 2.55. The fourth-order valence-electron chi connectivity index (χ4n) is 2.77. The maximum absolute atomic E-state index is 12.2. The summed E-state index contributed by atoms with van der Waals surface area (Å²) in [4.78, 5) is 14.3. The second-order valence-corrected chi connectivity index (χ2v) is 8.54. The number of likely N-dealkylation sites (tertiary alicyclic amines) is 1. The van der Waals surface area contributed by atoms with Crippen molar-refractivity contribution in [3.05, 3.63) is 28.7 Å². The molecule has 1 N–H and O–H groups in total. The number of carbonyl (C=O) groups excluding carboxylic acids is 1. The van der Waals surface area contributed by atoms with Gasteiger partial charge in [-0.05, 0) is 43.0 Å². The first-order valence-corrected chi connectivity index (χ1v) is 10.2. The fraction of sp³-hybridized carbons (Fsp3) is 0.562. The quantitative estimate of drug-likeness (QED) is 0.795. The lowest BCUT2D eigenvalue weighted by Crippen LogP contribution is -2.41. The maximum Gasteiger partial charge on any atom is 0.240 e. The SMILES string of the molecule is CCC1CCCN(C(=O)CCNS(=O)(=O)c2ccc(Br)cc2)C1. The number of rotatable bonds is 6. The summed E-state index contributed by atoms with van der Waals surface area (Å²) in [5.41, 5.74) is 0. The number of hydrogen-bond acceptors (Lipinski definition) is 3. The summed E-state index contributed by atoms with van der Waals surface area (Å²) < 4.78 is 27.6. The van der Waals surface area contributed by atoms with Crippen molar-refractivity contribution in [1.29, 1.82) is 0 Å². The summed E-state index contributed by atoms with van der Waals surface area (Å²) in [6, 6.07) is 6.42. The summed E-state index contributed by atoms with van der Waals surface area (Å²) in [6.45, 7) is 3.86. The lowest BCUT2D eigenvalue weighted by atomic mass is 9.95. The van der Waals surface area contributed by atoms with Crippen molar-refractivity contribution in [2.75, 3.05) is 19.6 Å². The minimum atomic E-state index is -3.56. The third-order valence-corrected chi connectivity index (χ3v) is 6.21. The molecule has 0 aromatic heterocycles. The molecule has 1 unspecified atom stereocenters. The summed E-state index contributed by atoms with van der Waals surface area (Å²) in [7, 11) is -3.56. The molecule has 1 aliphatic heterocycles. The molecule has 1 saturated heterocycles. The van der Waals surface area contributed by atoms with Gasteiger partial charge in [-0.2, -0.15) is 0 Å². The van der Waals surface area contributed by atoms with E-state index < -0.39 is 10.0 Å². The van der Waals surface area contributed by atoms with Gasteiger partial charge in [0, 0.05) is 30.5 Å². The van der Waals surface area contributed by atoms with E-state index in [1.165, 1.54) is 18.6 Å². The predicted molar refractivity (Wildman–Crippen MR) is 93.5 cm³/mol.